The zero-order valence-electron chi connectivity index (χ0n) is 11.3. The lowest BCUT2D eigenvalue weighted by atomic mass is 10.2. The number of esters is 1. The number of anilines is 1. The van der Waals surface area contributed by atoms with Crippen molar-refractivity contribution in [1.82, 2.24) is 10.0 Å². The molecule has 0 aliphatic carbocycles. The van der Waals surface area contributed by atoms with Crippen LogP contribution < -0.4 is 21.5 Å². The van der Waals surface area contributed by atoms with Gasteiger partial charge in [0.2, 0.25) is 10.0 Å². The Bertz CT molecular complexity index is 644. The van der Waals surface area contributed by atoms with Crippen LogP contribution in [0.25, 0.3) is 0 Å². The molecule has 0 aliphatic rings. The number of nitrogen functional groups attached to an aromatic ring is 1. The van der Waals surface area contributed by atoms with E-state index in [1.807, 2.05) is 0 Å². The summed E-state index contributed by atoms with van der Waals surface area (Å²) >= 11 is 0. The predicted octanol–water partition coefficient (Wildman–Crippen LogP) is -0.998. The molecule has 1 aromatic rings. The van der Waals surface area contributed by atoms with Crippen molar-refractivity contribution in [1.29, 1.82) is 0 Å². The summed E-state index contributed by atoms with van der Waals surface area (Å²) < 4.78 is 31.0. The summed E-state index contributed by atoms with van der Waals surface area (Å²) in [5.74, 6) is -0.800. The second kappa shape index (κ2) is 6.90. The van der Waals surface area contributed by atoms with Gasteiger partial charge in [0.15, 0.2) is 0 Å². The van der Waals surface area contributed by atoms with Gasteiger partial charge in [0.1, 0.15) is 0 Å². The van der Waals surface area contributed by atoms with E-state index in [-0.39, 0.29) is 29.2 Å². The Labute approximate surface area is 121 Å². The minimum absolute atomic E-state index is 0.00440. The minimum atomic E-state index is -3.99. The lowest BCUT2D eigenvalue weighted by molar-refractivity contribution is 0.0596. The number of urea groups is 1. The maximum absolute atomic E-state index is 12.2. The minimum Gasteiger partial charge on any atom is -0.465 e. The fraction of sp³-hybridized carbons (Fsp3) is 0.273. The number of sulfonamides is 1. The molecule has 9 nitrogen and oxygen atoms in total. The zero-order valence-corrected chi connectivity index (χ0v) is 12.1. The number of rotatable bonds is 6. The zero-order chi connectivity index (χ0) is 16.0. The number of nitrogens with two attached hydrogens (primary N) is 2. The number of carbonyl (C=O) groups excluding carboxylic acids is 2. The molecule has 0 saturated carbocycles. The van der Waals surface area contributed by atoms with Gasteiger partial charge < -0.3 is 21.5 Å². The van der Waals surface area contributed by atoms with Gasteiger partial charge in [-0.25, -0.2) is 22.7 Å². The first kappa shape index (κ1) is 16.7. The van der Waals surface area contributed by atoms with Gasteiger partial charge in [-0.1, -0.05) is 0 Å². The number of primary amides is 1. The molecular formula is C11H16N4O5S. The highest BCUT2D eigenvalue weighted by Gasteiger charge is 2.23. The number of amides is 2. The van der Waals surface area contributed by atoms with Crippen LogP contribution in [-0.4, -0.2) is 40.6 Å². The average Bonchev–Trinajstić information content (AvgIpc) is 2.42. The van der Waals surface area contributed by atoms with Crippen LogP contribution in [0.4, 0.5) is 10.5 Å². The molecule has 116 valence electrons. The molecule has 1 rings (SSSR count). The number of methoxy groups -OCH3 is 1. The van der Waals surface area contributed by atoms with Crippen LogP contribution in [0.2, 0.25) is 0 Å². The van der Waals surface area contributed by atoms with E-state index in [1.165, 1.54) is 12.1 Å². The van der Waals surface area contributed by atoms with E-state index in [4.69, 9.17) is 11.5 Å². The SMILES string of the molecule is COC(=O)c1ccc(N)cc1S(=O)(=O)NCCNC(N)=O. The van der Waals surface area contributed by atoms with Crippen molar-refractivity contribution in [3.8, 4) is 0 Å². The molecule has 0 heterocycles. The Kier molecular flexibility index (Phi) is 5.50. The van der Waals surface area contributed by atoms with Crippen molar-refractivity contribution in [2.24, 2.45) is 5.73 Å². The molecule has 0 spiro atoms. The number of hydrogen-bond acceptors (Lipinski definition) is 6. The predicted molar refractivity (Wildman–Crippen MR) is 75.0 cm³/mol. The number of ether oxygens (including phenoxy) is 1. The van der Waals surface area contributed by atoms with Gasteiger partial charge in [0.05, 0.1) is 17.6 Å². The summed E-state index contributed by atoms with van der Waals surface area (Å²) in [5.41, 5.74) is 10.4. The molecule has 0 aromatic heterocycles. The Morgan fingerprint density at radius 1 is 1.29 bits per heavy atom. The number of benzene rings is 1. The second-order valence-corrected chi connectivity index (χ2v) is 5.67. The van der Waals surface area contributed by atoms with Gasteiger partial charge in [-0.3, -0.25) is 0 Å². The van der Waals surface area contributed by atoms with Crippen LogP contribution in [0.3, 0.4) is 0 Å². The maximum atomic E-state index is 12.2. The first-order valence-corrected chi connectivity index (χ1v) is 7.27. The Hall–Kier alpha value is -2.33. The molecule has 0 bridgehead atoms. The molecule has 0 atom stereocenters. The lowest BCUT2D eigenvalue weighted by Crippen LogP contribution is -2.37. The maximum Gasteiger partial charge on any atom is 0.339 e. The standard InChI is InChI=1S/C11H16N4O5S/c1-20-10(16)8-3-2-7(12)6-9(8)21(18,19)15-5-4-14-11(13)17/h2-3,6,15H,4-5,12H2,1H3,(H3,13,14,17). The van der Waals surface area contributed by atoms with Crippen molar-refractivity contribution < 1.29 is 22.7 Å². The monoisotopic (exact) mass is 316 g/mol. The van der Waals surface area contributed by atoms with Crippen molar-refractivity contribution >= 4 is 27.7 Å². The van der Waals surface area contributed by atoms with E-state index in [0.717, 1.165) is 13.2 Å². The lowest BCUT2D eigenvalue weighted by Gasteiger charge is -2.11. The molecule has 6 N–H and O–H groups in total. The molecule has 0 fully saturated rings. The topological polar surface area (TPSA) is 154 Å². The van der Waals surface area contributed by atoms with Crippen LogP contribution in [-0.2, 0) is 14.8 Å². The van der Waals surface area contributed by atoms with Gasteiger partial charge >= 0.3 is 12.0 Å². The third kappa shape index (κ3) is 4.61. The Balaban J connectivity index is 2.99. The second-order valence-electron chi connectivity index (χ2n) is 3.94. The van der Waals surface area contributed by atoms with Gasteiger partial charge in [0, 0.05) is 18.8 Å². The van der Waals surface area contributed by atoms with E-state index < -0.39 is 22.0 Å². The molecule has 2 amide bonds. The van der Waals surface area contributed by atoms with E-state index >= 15 is 0 Å². The number of nitrogens with one attached hydrogen (secondary N) is 2. The van der Waals surface area contributed by atoms with E-state index in [0.29, 0.717) is 0 Å². The normalized spacial score (nSPS) is 10.9. The summed E-state index contributed by atoms with van der Waals surface area (Å²) in [7, 11) is -2.85. The third-order valence-corrected chi connectivity index (χ3v) is 3.92. The van der Waals surface area contributed by atoms with E-state index in [2.05, 4.69) is 14.8 Å². The molecule has 0 saturated heterocycles. The van der Waals surface area contributed by atoms with Crippen LogP contribution in [0.15, 0.2) is 23.1 Å². The molecule has 0 unspecified atom stereocenters. The van der Waals surface area contributed by atoms with Gasteiger partial charge in [-0.15, -0.1) is 0 Å². The third-order valence-electron chi connectivity index (χ3n) is 2.42. The van der Waals surface area contributed by atoms with Gasteiger partial charge in [-0.2, -0.15) is 0 Å². The molecule has 0 radical (unpaired) electrons. The molecule has 1 aromatic carbocycles. The van der Waals surface area contributed by atoms with Gasteiger partial charge in [0.25, 0.3) is 0 Å². The van der Waals surface area contributed by atoms with Crippen LogP contribution in [0, 0.1) is 0 Å². The molecule has 0 aliphatic heterocycles. The van der Waals surface area contributed by atoms with Crippen LogP contribution >= 0.6 is 0 Å². The first-order chi connectivity index (χ1) is 9.77. The van der Waals surface area contributed by atoms with Crippen molar-refractivity contribution in [2.75, 3.05) is 25.9 Å². The average molecular weight is 316 g/mol. The summed E-state index contributed by atoms with van der Waals surface area (Å²) in [6.45, 7) is -0.0921. The fourth-order valence-corrected chi connectivity index (χ4v) is 2.75. The van der Waals surface area contributed by atoms with Crippen molar-refractivity contribution in [2.45, 2.75) is 4.90 Å². The highest BCUT2D eigenvalue weighted by atomic mass is 32.2. The number of carbonyl (C=O) groups is 2. The Morgan fingerprint density at radius 3 is 2.52 bits per heavy atom. The highest BCUT2D eigenvalue weighted by molar-refractivity contribution is 7.89. The molecule has 21 heavy (non-hydrogen) atoms. The van der Waals surface area contributed by atoms with Crippen molar-refractivity contribution in [3.05, 3.63) is 23.8 Å². The van der Waals surface area contributed by atoms with E-state index in [1.54, 1.807) is 0 Å². The van der Waals surface area contributed by atoms with Gasteiger partial charge in [-0.05, 0) is 18.2 Å². The van der Waals surface area contributed by atoms with E-state index in [9.17, 15) is 18.0 Å². The molecule has 10 heteroatoms. The largest absolute Gasteiger partial charge is 0.465 e. The van der Waals surface area contributed by atoms with Crippen LogP contribution in [0.1, 0.15) is 10.4 Å². The quantitative estimate of drug-likeness (QED) is 0.300. The fourth-order valence-electron chi connectivity index (χ4n) is 1.49. The molecular weight excluding hydrogens is 300 g/mol. The summed E-state index contributed by atoms with van der Waals surface area (Å²) in [6.07, 6.45) is 0. The van der Waals surface area contributed by atoms with Crippen molar-refractivity contribution in [3.63, 3.8) is 0 Å². The summed E-state index contributed by atoms with van der Waals surface area (Å²) in [6, 6.07) is 3.03. The Morgan fingerprint density at radius 2 is 1.95 bits per heavy atom. The highest BCUT2D eigenvalue weighted by Crippen LogP contribution is 2.19. The number of hydrogen-bond donors (Lipinski definition) is 4. The first-order valence-electron chi connectivity index (χ1n) is 5.78. The van der Waals surface area contributed by atoms with Crippen LogP contribution in [0.5, 0.6) is 0 Å². The summed E-state index contributed by atoms with van der Waals surface area (Å²) in [4.78, 5) is 21.8. The smallest absolute Gasteiger partial charge is 0.339 e. The summed E-state index contributed by atoms with van der Waals surface area (Å²) in [5, 5.41) is 2.23.